The van der Waals surface area contributed by atoms with Crippen molar-refractivity contribution in [3.63, 3.8) is 0 Å². The Morgan fingerprint density at radius 1 is 1.00 bits per heavy atom. The van der Waals surface area contributed by atoms with E-state index in [2.05, 4.69) is 34.2 Å². The predicted molar refractivity (Wildman–Crippen MR) is 124 cm³/mol. The zero-order valence-electron chi connectivity index (χ0n) is 17.9. The topological polar surface area (TPSA) is 44.8 Å². The van der Waals surface area contributed by atoms with Crippen LogP contribution in [-0.2, 0) is 0 Å². The average molecular weight is 404 g/mol. The molecule has 3 aromatic carbocycles. The number of hydrogen-bond donors (Lipinski definition) is 1. The van der Waals surface area contributed by atoms with E-state index in [0.29, 0.717) is 11.3 Å². The molecule has 0 aromatic heterocycles. The Hall–Kier alpha value is -3.05. The van der Waals surface area contributed by atoms with Crippen LogP contribution in [0.2, 0.25) is 0 Å². The van der Waals surface area contributed by atoms with Gasteiger partial charge in [-0.25, -0.2) is 0 Å². The molecule has 1 heterocycles. The van der Waals surface area contributed by atoms with Crippen molar-refractivity contribution in [1.82, 2.24) is 4.90 Å². The number of carbonyl (C=O) groups is 1. The number of hydrogen-bond acceptors (Lipinski definition) is 4. The molecule has 1 fully saturated rings. The van der Waals surface area contributed by atoms with Gasteiger partial charge in [-0.3, -0.25) is 4.79 Å². The fourth-order valence-electron chi connectivity index (χ4n) is 4.06. The number of aryl methyl sites for hydroxylation is 1. The van der Waals surface area contributed by atoms with E-state index in [1.165, 1.54) is 5.69 Å². The molecule has 1 aliphatic heterocycles. The van der Waals surface area contributed by atoms with Crippen LogP contribution in [0.5, 0.6) is 5.75 Å². The van der Waals surface area contributed by atoms with Crippen molar-refractivity contribution in [3.05, 3.63) is 65.7 Å². The largest absolute Gasteiger partial charge is 0.496 e. The maximum absolute atomic E-state index is 13.0. The molecular weight excluding hydrogens is 374 g/mol. The summed E-state index contributed by atoms with van der Waals surface area (Å²) < 4.78 is 5.49. The first kappa shape index (κ1) is 20.2. The third-order valence-corrected chi connectivity index (χ3v) is 5.96. The minimum atomic E-state index is -0.162. The predicted octanol–water partition coefficient (Wildman–Crippen LogP) is 4.55. The van der Waals surface area contributed by atoms with Crippen molar-refractivity contribution in [2.45, 2.75) is 13.8 Å². The van der Waals surface area contributed by atoms with Crippen LogP contribution in [-0.4, -0.2) is 50.6 Å². The molecular formula is C25H29N3O2. The lowest BCUT2D eigenvalue weighted by atomic mass is 10.0. The first-order valence-corrected chi connectivity index (χ1v) is 10.5. The Morgan fingerprint density at radius 3 is 2.33 bits per heavy atom. The Labute approximate surface area is 178 Å². The van der Waals surface area contributed by atoms with Crippen LogP contribution < -0.4 is 15.0 Å². The smallest absolute Gasteiger partial charge is 0.259 e. The number of nitrogens with zero attached hydrogens (tertiary/aromatic N) is 2. The second-order valence-electron chi connectivity index (χ2n) is 7.77. The van der Waals surface area contributed by atoms with E-state index in [1.54, 1.807) is 7.11 Å². The summed E-state index contributed by atoms with van der Waals surface area (Å²) in [7, 11) is 1.60. The van der Waals surface area contributed by atoms with E-state index in [-0.39, 0.29) is 5.91 Å². The number of piperazine rings is 1. The number of rotatable bonds is 5. The highest BCUT2D eigenvalue weighted by atomic mass is 16.5. The van der Waals surface area contributed by atoms with E-state index >= 15 is 0 Å². The molecule has 156 valence electrons. The summed E-state index contributed by atoms with van der Waals surface area (Å²) in [6.07, 6.45) is 0. The molecule has 0 saturated carbocycles. The van der Waals surface area contributed by atoms with Gasteiger partial charge < -0.3 is 19.9 Å². The third kappa shape index (κ3) is 4.12. The van der Waals surface area contributed by atoms with Crippen molar-refractivity contribution in [3.8, 4) is 5.75 Å². The zero-order valence-corrected chi connectivity index (χ0v) is 17.9. The fraction of sp³-hybridized carbons (Fsp3) is 0.320. The van der Waals surface area contributed by atoms with Gasteiger partial charge in [-0.1, -0.05) is 31.2 Å². The Balaban J connectivity index is 1.53. The van der Waals surface area contributed by atoms with Gasteiger partial charge in [0.05, 0.1) is 12.7 Å². The Bertz CT molecular complexity index is 1060. The summed E-state index contributed by atoms with van der Waals surface area (Å²) in [5.74, 6) is 0.416. The SMILES string of the molecule is CCN1CCN(c2ccc(NC(=O)c3cc4ccccc4cc3OC)c(C)c2)CC1. The number of likely N-dealkylation sites (N-methyl/N-ethyl adjacent to an activating group) is 1. The number of anilines is 2. The molecule has 1 saturated heterocycles. The maximum Gasteiger partial charge on any atom is 0.259 e. The van der Waals surface area contributed by atoms with E-state index in [1.807, 2.05) is 49.4 Å². The molecule has 0 aliphatic carbocycles. The van der Waals surface area contributed by atoms with E-state index < -0.39 is 0 Å². The molecule has 1 amide bonds. The Kier molecular flexibility index (Phi) is 5.91. The number of benzene rings is 3. The van der Waals surface area contributed by atoms with Gasteiger partial charge in [-0.2, -0.15) is 0 Å². The maximum atomic E-state index is 13.0. The molecule has 5 nitrogen and oxygen atoms in total. The zero-order chi connectivity index (χ0) is 21.1. The second-order valence-corrected chi connectivity index (χ2v) is 7.77. The lowest BCUT2D eigenvalue weighted by Gasteiger charge is -2.35. The van der Waals surface area contributed by atoms with Gasteiger partial charge in [-0.05, 0) is 60.1 Å². The first-order chi connectivity index (χ1) is 14.6. The molecule has 1 N–H and O–H groups in total. The second kappa shape index (κ2) is 8.76. The Morgan fingerprint density at radius 2 is 1.70 bits per heavy atom. The van der Waals surface area contributed by atoms with Crippen molar-refractivity contribution in [1.29, 1.82) is 0 Å². The summed E-state index contributed by atoms with van der Waals surface area (Å²) in [5.41, 5.74) is 3.63. The monoisotopic (exact) mass is 403 g/mol. The van der Waals surface area contributed by atoms with Crippen molar-refractivity contribution in [2.24, 2.45) is 0 Å². The highest BCUT2D eigenvalue weighted by molar-refractivity contribution is 6.09. The number of carbonyl (C=O) groups excluding carboxylic acids is 1. The highest BCUT2D eigenvalue weighted by Gasteiger charge is 2.18. The molecule has 4 rings (SSSR count). The van der Waals surface area contributed by atoms with Crippen molar-refractivity contribution in [2.75, 3.05) is 50.1 Å². The van der Waals surface area contributed by atoms with Crippen LogP contribution in [0.3, 0.4) is 0 Å². The lowest BCUT2D eigenvalue weighted by molar-refractivity contribution is 0.102. The summed E-state index contributed by atoms with van der Waals surface area (Å²) in [5, 5.41) is 5.13. The molecule has 0 bridgehead atoms. The number of fused-ring (bicyclic) bond motifs is 1. The number of amides is 1. The number of nitrogens with one attached hydrogen (secondary N) is 1. The molecule has 1 aliphatic rings. The van der Waals surface area contributed by atoms with Crippen LogP contribution in [0.1, 0.15) is 22.8 Å². The van der Waals surface area contributed by atoms with Crippen LogP contribution in [0, 0.1) is 6.92 Å². The van der Waals surface area contributed by atoms with Gasteiger partial charge in [0.1, 0.15) is 5.75 Å². The van der Waals surface area contributed by atoms with E-state index in [0.717, 1.165) is 54.7 Å². The lowest BCUT2D eigenvalue weighted by Crippen LogP contribution is -2.46. The van der Waals surface area contributed by atoms with E-state index in [4.69, 9.17) is 4.74 Å². The van der Waals surface area contributed by atoms with Gasteiger partial charge in [0.25, 0.3) is 5.91 Å². The van der Waals surface area contributed by atoms with Crippen LogP contribution in [0.15, 0.2) is 54.6 Å². The van der Waals surface area contributed by atoms with Gasteiger partial charge in [0.15, 0.2) is 0 Å². The minimum absolute atomic E-state index is 0.162. The summed E-state index contributed by atoms with van der Waals surface area (Å²) in [6, 6.07) is 18.0. The standard InChI is InChI=1S/C25H29N3O2/c1-4-27-11-13-28(14-12-27)21-9-10-23(18(2)15-21)26-25(29)22-16-19-7-5-6-8-20(19)17-24(22)30-3/h5-10,15-17H,4,11-14H2,1-3H3,(H,26,29). The molecule has 5 heteroatoms. The highest BCUT2D eigenvalue weighted by Crippen LogP contribution is 2.28. The number of methoxy groups -OCH3 is 1. The van der Waals surface area contributed by atoms with Crippen LogP contribution in [0.4, 0.5) is 11.4 Å². The molecule has 0 spiro atoms. The van der Waals surface area contributed by atoms with Crippen molar-refractivity contribution >= 4 is 28.1 Å². The molecule has 30 heavy (non-hydrogen) atoms. The molecule has 0 atom stereocenters. The first-order valence-electron chi connectivity index (χ1n) is 10.5. The third-order valence-electron chi connectivity index (χ3n) is 5.96. The number of ether oxygens (including phenoxy) is 1. The quantitative estimate of drug-likeness (QED) is 0.679. The summed E-state index contributed by atoms with van der Waals surface area (Å²) in [4.78, 5) is 17.9. The van der Waals surface area contributed by atoms with Crippen LogP contribution >= 0.6 is 0 Å². The van der Waals surface area contributed by atoms with Crippen molar-refractivity contribution < 1.29 is 9.53 Å². The normalized spacial score (nSPS) is 14.7. The minimum Gasteiger partial charge on any atom is -0.496 e. The van der Waals surface area contributed by atoms with Gasteiger partial charge in [0.2, 0.25) is 0 Å². The fourth-order valence-corrected chi connectivity index (χ4v) is 4.06. The molecule has 3 aromatic rings. The summed E-state index contributed by atoms with van der Waals surface area (Å²) in [6.45, 7) is 9.61. The molecule has 0 unspecified atom stereocenters. The summed E-state index contributed by atoms with van der Waals surface area (Å²) >= 11 is 0. The van der Waals surface area contributed by atoms with Gasteiger partial charge >= 0.3 is 0 Å². The molecule has 0 radical (unpaired) electrons. The van der Waals surface area contributed by atoms with Gasteiger partial charge in [-0.15, -0.1) is 0 Å². The van der Waals surface area contributed by atoms with Crippen LogP contribution in [0.25, 0.3) is 10.8 Å². The van der Waals surface area contributed by atoms with E-state index in [9.17, 15) is 4.79 Å². The average Bonchev–Trinajstić information content (AvgIpc) is 2.79. The van der Waals surface area contributed by atoms with Gasteiger partial charge in [0, 0.05) is 37.6 Å².